The van der Waals surface area contributed by atoms with Crippen molar-refractivity contribution in [3.63, 3.8) is 0 Å². The molecule has 4 rings (SSSR count). The number of anilines is 1. The highest BCUT2D eigenvalue weighted by Gasteiger charge is 2.24. The Kier molecular flexibility index (Phi) is 4.06. The molecule has 7 nitrogen and oxygen atoms in total. The van der Waals surface area contributed by atoms with Crippen LogP contribution in [0.25, 0.3) is 22.2 Å². The third-order valence-electron chi connectivity index (χ3n) is 5.04. The van der Waals surface area contributed by atoms with E-state index in [-0.39, 0.29) is 17.5 Å². The molecule has 0 aromatic carbocycles. The van der Waals surface area contributed by atoms with E-state index in [1.807, 2.05) is 19.1 Å². The van der Waals surface area contributed by atoms with Gasteiger partial charge in [0.05, 0.1) is 18.4 Å². The number of nitrogen functional groups attached to an aromatic ring is 1. The molecule has 3 heterocycles. The Morgan fingerprint density at radius 3 is 2.73 bits per heavy atom. The maximum atomic E-state index is 13.4. The maximum Gasteiger partial charge on any atom is 0.260 e. The summed E-state index contributed by atoms with van der Waals surface area (Å²) in [7, 11) is 1.55. The van der Waals surface area contributed by atoms with Crippen LogP contribution in [0.3, 0.4) is 0 Å². The maximum absolute atomic E-state index is 13.4. The highest BCUT2D eigenvalue weighted by atomic mass is 16.5. The van der Waals surface area contributed by atoms with E-state index in [9.17, 15) is 4.79 Å². The largest absolute Gasteiger partial charge is 0.481 e. The number of aromatic nitrogens is 4. The highest BCUT2D eigenvalue weighted by molar-refractivity contribution is 5.85. The van der Waals surface area contributed by atoms with Gasteiger partial charge < -0.3 is 10.5 Å². The molecule has 1 aliphatic rings. The molecule has 0 spiro atoms. The van der Waals surface area contributed by atoms with E-state index in [2.05, 4.69) is 15.0 Å². The zero-order chi connectivity index (χ0) is 18.3. The van der Waals surface area contributed by atoms with E-state index in [0.29, 0.717) is 22.7 Å². The van der Waals surface area contributed by atoms with Crippen molar-refractivity contribution in [3.8, 4) is 17.0 Å². The van der Waals surface area contributed by atoms with Crippen molar-refractivity contribution in [2.75, 3.05) is 12.8 Å². The molecule has 0 saturated heterocycles. The molecule has 0 bridgehead atoms. The molecule has 0 aliphatic heterocycles. The Morgan fingerprint density at radius 2 is 2.00 bits per heavy atom. The lowest BCUT2D eigenvalue weighted by Gasteiger charge is -2.19. The van der Waals surface area contributed by atoms with E-state index >= 15 is 0 Å². The van der Waals surface area contributed by atoms with Crippen LogP contribution in [-0.2, 0) is 0 Å². The molecule has 0 atom stereocenters. The Bertz CT molecular complexity index is 1040. The Labute approximate surface area is 150 Å². The van der Waals surface area contributed by atoms with Crippen LogP contribution in [0, 0.1) is 6.92 Å². The minimum atomic E-state index is -0.0896. The number of nitrogens with two attached hydrogens (primary N) is 1. The molecular formula is C19H21N5O2. The van der Waals surface area contributed by atoms with Crippen molar-refractivity contribution in [1.29, 1.82) is 0 Å². The van der Waals surface area contributed by atoms with Gasteiger partial charge in [-0.1, -0.05) is 12.8 Å². The van der Waals surface area contributed by atoms with Gasteiger partial charge in [-0.05, 0) is 38.0 Å². The van der Waals surface area contributed by atoms with Crippen molar-refractivity contribution >= 4 is 17.0 Å². The lowest BCUT2D eigenvalue weighted by Crippen LogP contribution is -2.26. The predicted octanol–water partition coefficient (Wildman–Crippen LogP) is 2.87. The third kappa shape index (κ3) is 2.60. The van der Waals surface area contributed by atoms with Gasteiger partial charge in [-0.15, -0.1) is 0 Å². The van der Waals surface area contributed by atoms with Gasteiger partial charge in [0.1, 0.15) is 5.65 Å². The average molecular weight is 351 g/mol. The topological polar surface area (TPSA) is 95.9 Å². The van der Waals surface area contributed by atoms with Crippen molar-refractivity contribution in [3.05, 3.63) is 40.4 Å². The first kappa shape index (κ1) is 16.5. The predicted molar refractivity (Wildman–Crippen MR) is 100 cm³/mol. The molecule has 3 aromatic heterocycles. The molecule has 134 valence electrons. The molecule has 1 aliphatic carbocycles. The highest BCUT2D eigenvalue weighted by Crippen LogP contribution is 2.33. The Hall–Kier alpha value is -2.96. The van der Waals surface area contributed by atoms with Crippen LogP contribution < -0.4 is 16.0 Å². The number of rotatable bonds is 3. The fourth-order valence-electron chi connectivity index (χ4n) is 3.82. The van der Waals surface area contributed by atoms with E-state index in [0.717, 1.165) is 36.8 Å². The zero-order valence-corrected chi connectivity index (χ0v) is 14.9. The molecule has 0 amide bonds. The second-order valence-electron chi connectivity index (χ2n) is 6.64. The van der Waals surface area contributed by atoms with Gasteiger partial charge in [-0.2, -0.15) is 4.98 Å². The van der Waals surface area contributed by atoms with Gasteiger partial charge in [0, 0.05) is 23.2 Å². The molecule has 26 heavy (non-hydrogen) atoms. The van der Waals surface area contributed by atoms with Gasteiger partial charge in [-0.3, -0.25) is 9.36 Å². The van der Waals surface area contributed by atoms with Crippen LogP contribution >= 0.6 is 0 Å². The molecule has 1 saturated carbocycles. The monoisotopic (exact) mass is 351 g/mol. The number of pyridine rings is 2. The molecule has 0 radical (unpaired) electrons. The summed E-state index contributed by atoms with van der Waals surface area (Å²) in [6, 6.07) is 5.60. The number of methoxy groups -OCH3 is 1. The standard InChI is InChI=1S/C19H21N5O2/c1-11-14-10-15(13-8-5-9-21-17(13)26-2)18(25)24(12-6-3-4-7-12)16(14)23-19(20)22-11/h5,8-10,12H,3-4,6-7H2,1-2H3,(H2,20,22,23). The molecule has 7 heteroatoms. The molecular weight excluding hydrogens is 330 g/mol. The second-order valence-corrected chi connectivity index (χ2v) is 6.64. The summed E-state index contributed by atoms with van der Waals surface area (Å²) in [5, 5.41) is 0.826. The Balaban J connectivity index is 2.09. The van der Waals surface area contributed by atoms with Crippen molar-refractivity contribution in [1.82, 2.24) is 19.5 Å². The molecule has 2 N–H and O–H groups in total. The number of ether oxygens (including phenoxy) is 1. The first-order chi connectivity index (χ1) is 12.6. The number of hydrogen-bond donors (Lipinski definition) is 1. The first-order valence-corrected chi connectivity index (χ1v) is 8.79. The number of fused-ring (bicyclic) bond motifs is 1. The van der Waals surface area contributed by atoms with Gasteiger partial charge in [0.25, 0.3) is 5.56 Å². The van der Waals surface area contributed by atoms with Gasteiger partial charge in [-0.25, -0.2) is 9.97 Å². The number of aryl methyl sites for hydroxylation is 1. The molecule has 3 aromatic rings. The number of nitrogens with zero attached hydrogens (tertiary/aromatic N) is 4. The smallest absolute Gasteiger partial charge is 0.260 e. The second kappa shape index (κ2) is 6.40. The van der Waals surface area contributed by atoms with Crippen LogP contribution in [0.5, 0.6) is 5.88 Å². The van der Waals surface area contributed by atoms with E-state index < -0.39 is 0 Å². The van der Waals surface area contributed by atoms with E-state index in [1.165, 1.54) is 0 Å². The molecule has 1 fully saturated rings. The van der Waals surface area contributed by atoms with Gasteiger partial charge in [0.2, 0.25) is 11.8 Å². The van der Waals surface area contributed by atoms with Crippen molar-refractivity contribution in [2.24, 2.45) is 0 Å². The van der Waals surface area contributed by atoms with Crippen LogP contribution in [0.4, 0.5) is 5.95 Å². The summed E-state index contributed by atoms with van der Waals surface area (Å²) in [5.41, 5.74) is 8.36. The van der Waals surface area contributed by atoms with Gasteiger partial charge >= 0.3 is 0 Å². The van der Waals surface area contributed by atoms with Gasteiger partial charge in [0.15, 0.2) is 0 Å². The van der Waals surface area contributed by atoms with Crippen LogP contribution in [0.1, 0.15) is 37.4 Å². The lowest BCUT2D eigenvalue weighted by atomic mass is 10.1. The van der Waals surface area contributed by atoms with Crippen LogP contribution in [0.15, 0.2) is 29.2 Å². The summed E-state index contributed by atoms with van der Waals surface area (Å²) < 4.78 is 7.17. The van der Waals surface area contributed by atoms with Crippen LogP contribution in [-0.4, -0.2) is 26.6 Å². The van der Waals surface area contributed by atoms with E-state index in [4.69, 9.17) is 10.5 Å². The molecule has 0 unspecified atom stereocenters. The summed E-state index contributed by atoms with van der Waals surface area (Å²) in [4.78, 5) is 26.4. The quantitative estimate of drug-likeness (QED) is 0.779. The summed E-state index contributed by atoms with van der Waals surface area (Å²) in [6.07, 6.45) is 5.79. The summed E-state index contributed by atoms with van der Waals surface area (Å²) in [5.74, 6) is 0.615. The Morgan fingerprint density at radius 1 is 1.23 bits per heavy atom. The lowest BCUT2D eigenvalue weighted by molar-refractivity contribution is 0.399. The van der Waals surface area contributed by atoms with Crippen molar-refractivity contribution in [2.45, 2.75) is 38.6 Å². The van der Waals surface area contributed by atoms with E-state index in [1.54, 1.807) is 23.9 Å². The minimum absolute atomic E-state index is 0.0896. The zero-order valence-electron chi connectivity index (χ0n) is 14.9. The number of hydrogen-bond acceptors (Lipinski definition) is 6. The minimum Gasteiger partial charge on any atom is -0.481 e. The summed E-state index contributed by atoms with van der Waals surface area (Å²) in [6.45, 7) is 1.88. The first-order valence-electron chi connectivity index (χ1n) is 8.79. The van der Waals surface area contributed by atoms with Crippen LogP contribution in [0.2, 0.25) is 0 Å². The summed E-state index contributed by atoms with van der Waals surface area (Å²) >= 11 is 0. The average Bonchev–Trinajstić information content (AvgIpc) is 3.15. The normalized spacial score (nSPS) is 14.8. The fourth-order valence-corrected chi connectivity index (χ4v) is 3.82. The SMILES string of the molecule is COc1ncccc1-c1cc2c(C)nc(N)nc2n(C2CCCC2)c1=O. The fraction of sp³-hybridized carbons (Fsp3) is 0.368. The van der Waals surface area contributed by atoms with Crippen molar-refractivity contribution < 1.29 is 4.74 Å². The third-order valence-corrected chi connectivity index (χ3v) is 5.04.